The number of amides is 2. The minimum absolute atomic E-state index is 0.110. The highest BCUT2D eigenvalue weighted by Gasteiger charge is 2.46. The topological polar surface area (TPSA) is 64.1 Å². The molecule has 4 rings (SSSR count). The lowest BCUT2D eigenvalue weighted by Gasteiger charge is -2.50. The minimum Gasteiger partial charge on any atom is -0.465 e. The molecule has 2 atom stereocenters. The number of likely N-dealkylation sites (tertiary alicyclic amines) is 3. The van der Waals surface area contributed by atoms with Crippen LogP contribution in [0.5, 0.6) is 0 Å². The van der Waals surface area contributed by atoms with Crippen LogP contribution in [0.2, 0.25) is 0 Å². The largest absolute Gasteiger partial charge is 0.465 e. The lowest BCUT2D eigenvalue weighted by Crippen LogP contribution is -2.58. The molecule has 6 nitrogen and oxygen atoms in total. The first-order valence-corrected chi connectivity index (χ1v) is 10.5. The highest BCUT2D eigenvalue weighted by Crippen LogP contribution is 2.40. The van der Waals surface area contributed by atoms with E-state index in [1.54, 1.807) is 4.90 Å². The van der Waals surface area contributed by atoms with E-state index in [0.29, 0.717) is 37.0 Å². The van der Waals surface area contributed by atoms with Crippen LogP contribution < -0.4 is 0 Å². The number of carbonyl (C=O) groups is 2. The van der Waals surface area contributed by atoms with E-state index in [9.17, 15) is 9.59 Å². The Balaban J connectivity index is 1.34. The molecule has 0 radical (unpaired) electrons. The normalized spacial score (nSPS) is 33.3. The predicted octanol–water partition coefficient (Wildman–Crippen LogP) is 2.77. The third-order valence-electron chi connectivity index (χ3n) is 7.68. The Morgan fingerprint density at radius 1 is 1.04 bits per heavy atom. The van der Waals surface area contributed by atoms with Crippen molar-refractivity contribution in [3.63, 3.8) is 0 Å². The van der Waals surface area contributed by atoms with Gasteiger partial charge in [-0.15, -0.1) is 0 Å². The van der Waals surface area contributed by atoms with Crippen molar-refractivity contribution in [2.75, 3.05) is 26.2 Å². The summed E-state index contributed by atoms with van der Waals surface area (Å²) in [7, 11) is 0. The van der Waals surface area contributed by atoms with Crippen LogP contribution in [-0.4, -0.2) is 75.6 Å². The van der Waals surface area contributed by atoms with Gasteiger partial charge in [-0.2, -0.15) is 0 Å². The summed E-state index contributed by atoms with van der Waals surface area (Å²) in [6, 6.07) is 0.941. The predicted molar refractivity (Wildman–Crippen MR) is 99.0 cm³/mol. The average Bonchev–Trinajstić information content (AvgIpc) is 2.98. The molecule has 0 aromatic heterocycles. The molecule has 0 aromatic rings. The third kappa shape index (κ3) is 3.21. The molecule has 4 aliphatic rings. The molecular formula is C20H33N3O3. The number of carbonyl (C=O) groups excluding carboxylic acids is 1. The van der Waals surface area contributed by atoms with Crippen LogP contribution in [0, 0.1) is 5.92 Å². The zero-order valence-electron chi connectivity index (χ0n) is 16.0. The Bertz CT molecular complexity index is 551. The Morgan fingerprint density at radius 3 is 2.35 bits per heavy atom. The second kappa shape index (κ2) is 7.02. The van der Waals surface area contributed by atoms with Crippen molar-refractivity contribution in [2.45, 2.75) is 82.3 Å². The zero-order chi connectivity index (χ0) is 18.3. The molecule has 2 amide bonds. The number of piperidine rings is 2. The highest BCUT2D eigenvalue weighted by atomic mass is 16.4. The van der Waals surface area contributed by atoms with Crippen LogP contribution in [0.25, 0.3) is 0 Å². The van der Waals surface area contributed by atoms with Crippen LogP contribution in [-0.2, 0) is 4.79 Å². The maximum absolute atomic E-state index is 12.6. The molecule has 6 heteroatoms. The van der Waals surface area contributed by atoms with Crippen molar-refractivity contribution >= 4 is 12.0 Å². The summed E-state index contributed by atoms with van der Waals surface area (Å²) in [5.74, 6) is 1.02. The summed E-state index contributed by atoms with van der Waals surface area (Å²) >= 11 is 0. The summed E-state index contributed by atoms with van der Waals surface area (Å²) in [5, 5.41) is 9.17. The van der Waals surface area contributed by atoms with Crippen LogP contribution >= 0.6 is 0 Å². The van der Waals surface area contributed by atoms with E-state index in [1.807, 2.05) is 0 Å². The monoisotopic (exact) mass is 363 g/mol. The molecule has 0 bridgehead atoms. The first-order valence-electron chi connectivity index (χ1n) is 10.5. The van der Waals surface area contributed by atoms with E-state index >= 15 is 0 Å². The first kappa shape index (κ1) is 18.1. The molecular weight excluding hydrogens is 330 g/mol. The molecule has 0 unspecified atom stereocenters. The molecule has 3 heterocycles. The summed E-state index contributed by atoms with van der Waals surface area (Å²) in [5.41, 5.74) is 0.110. The number of rotatable bonds is 2. The number of hydrogen-bond donors (Lipinski definition) is 1. The second-order valence-electron chi connectivity index (χ2n) is 9.10. The summed E-state index contributed by atoms with van der Waals surface area (Å²) in [4.78, 5) is 30.2. The van der Waals surface area contributed by atoms with Crippen LogP contribution in [0.1, 0.15) is 64.7 Å². The fourth-order valence-electron chi connectivity index (χ4n) is 5.96. The van der Waals surface area contributed by atoms with Crippen molar-refractivity contribution in [3.8, 4) is 0 Å². The van der Waals surface area contributed by atoms with Crippen molar-refractivity contribution in [1.82, 2.24) is 14.7 Å². The van der Waals surface area contributed by atoms with Crippen LogP contribution in [0.15, 0.2) is 0 Å². The molecule has 3 saturated heterocycles. The van der Waals surface area contributed by atoms with Crippen molar-refractivity contribution in [1.29, 1.82) is 0 Å². The Kier molecular flexibility index (Phi) is 4.88. The van der Waals surface area contributed by atoms with E-state index in [-0.39, 0.29) is 5.54 Å². The van der Waals surface area contributed by atoms with Gasteiger partial charge in [0.1, 0.15) is 0 Å². The van der Waals surface area contributed by atoms with E-state index in [2.05, 4.69) is 16.7 Å². The van der Waals surface area contributed by atoms with Gasteiger partial charge in [0.05, 0.1) is 0 Å². The van der Waals surface area contributed by atoms with Gasteiger partial charge in [0, 0.05) is 50.2 Å². The van der Waals surface area contributed by atoms with E-state index < -0.39 is 6.09 Å². The van der Waals surface area contributed by atoms with Gasteiger partial charge >= 0.3 is 6.09 Å². The van der Waals surface area contributed by atoms with Gasteiger partial charge < -0.3 is 14.9 Å². The van der Waals surface area contributed by atoms with Crippen molar-refractivity contribution < 1.29 is 14.7 Å². The van der Waals surface area contributed by atoms with Crippen molar-refractivity contribution in [3.05, 3.63) is 0 Å². The maximum Gasteiger partial charge on any atom is 0.407 e. The fourth-order valence-corrected chi connectivity index (χ4v) is 5.96. The number of hydrogen-bond acceptors (Lipinski definition) is 3. The molecule has 4 fully saturated rings. The highest BCUT2D eigenvalue weighted by molar-refractivity contribution is 5.79. The fraction of sp³-hybridized carbons (Fsp3) is 0.900. The van der Waals surface area contributed by atoms with Gasteiger partial charge in [0.2, 0.25) is 5.91 Å². The van der Waals surface area contributed by atoms with Crippen LogP contribution in [0.3, 0.4) is 0 Å². The summed E-state index contributed by atoms with van der Waals surface area (Å²) in [6.45, 7) is 5.65. The lowest BCUT2D eigenvalue weighted by molar-refractivity contribution is -0.132. The Hall–Kier alpha value is -1.30. The smallest absolute Gasteiger partial charge is 0.407 e. The zero-order valence-corrected chi connectivity index (χ0v) is 16.0. The number of carboxylic acid groups (broad SMARTS) is 1. The maximum atomic E-state index is 12.6. The van der Waals surface area contributed by atoms with Gasteiger partial charge in [-0.3, -0.25) is 9.69 Å². The number of fused-ring (bicyclic) bond motifs is 1. The number of nitrogens with zero attached hydrogens (tertiary/aromatic N) is 3. The molecule has 0 aromatic carbocycles. The first-order chi connectivity index (χ1) is 12.5. The molecule has 1 saturated carbocycles. The summed E-state index contributed by atoms with van der Waals surface area (Å²) < 4.78 is 0. The average molecular weight is 364 g/mol. The third-order valence-corrected chi connectivity index (χ3v) is 7.68. The van der Waals surface area contributed by atoms with Crippen molar-refractivity contribution in [2.24, 2.45) is 5.92 Å². The van der Waals surface area contributed by atoms with Gasteiger partial charge in [0.15, 0.2) is 0 Å². The van der Waals surface area contributed by atoms with Gasteiger partial charge in [-0.25, -0.2) is 4.79 Å². The molecule has 0 spiro atoms. The van der Waals surface area contributed by atoms with E-state index in [0.717, 1.165) is 45.2 Å². The lowest BCUT2D eigenvalue weighted by atomic mass is 9.83. The molecule has 1 N–H and O–H groups in total. The van der Waals surface area contributed by atoms with Gasteiger partial charge in [0.25, 0.3) is 0 Å². The van der Waals surface area contributed by atoms with E-state index in [4.69, 9.17) is 5.11 Å². The molecule has 1 aliphatic carbocycles. The van der Waals surface area contributed by atoms with E-state index in [1.165, 1.54) is 25.7 Å². The molecule has 3 aliphatic heterocycles. The minimum atomic E-state index is -0.791. The standard InChI is InChI=1S/C20H33N3O3/c1-20(8-12-21(13-9-20)19(25)26)22-10-6-16(7-11-22)23-17-5-3-2-4-15(17)14-18(23)24/h15-17H,2-14H2,1H3,(H,25,26)/t15-,17+/m1/s1. The summed E-state index contributed by atoms with van der Waals surface area (Å²) in [6.07, 6.45) is 9.00. The van der Waals surface area contributed by atoms with Crippen LogP contribution in [0.4, 0.5) is 4.79 Å². The Labute approximate surface area is 156 Å². The molecule has 146 valence electrons. The second-order valence-corrected chi connectivity index (χ2v) is 9.10. The van der Waals surface area contributed by atoms with Gasteiger partial charge in [-0.05, 0) is 51.4 Å². The van der Waals surface area contributed by atoms with Gasteiger partial charge in [-0.1, -0.05) is 12.8 Å². The quantitative estimate of drug-likeness (QED) is 0.819. The molecule has 26 heavy (non-hydrogen) atoms. The SMILES string of the molecule is CC1(N2CCC(N3C(=O)C[C@H]4CCCC[C@@H]43)CC2)CCN(C(=O)O)CC1. The Morgan fingerprint density at radius 2 is 1.69 bits per heavy atom.